The first kappa shape index (κ1) is 8.63. The molecule has 1 aliphatic heterocycles. The fourth-order valence-electron chi connectivity index (χ4n) is 1.57. The number of rotatable bonds is 0. The van der Waals surface area contributed by atoms with Gasteiger partial charge >= 0.3 is 0 Å². The van der Waals surface area contributed by atoms with Gasteiger partial charge in [0.05, 0.1) is 23.6 Å². The maximum Gasteiger partial charge on any atom is 0.0743 e. The number of ether oxygens (including phenoxy) is 1. The van der Waals surface area contributed by atoms with Gasteiger partial charge in [-0.3, -0.25) is 0 Å². The first-order chi connectivity index (χ1) is 6.07. The van der Waals surface area contributed by atoms with Crippen molar-refractivity contribution < 1.29 is 4.74 Å². The summed E-state index contributed by atoms with van der Waals surface area (Å²) in [4.78, 5) is 0. The van der Waals surface area contributed by atoms with Crippen LogP contribution < -0.4 is 0 Å². The van der Waals surface area contributed by atoms with Crippen LogP contribution in [-0.4, -0.2) is 15.8 Å². The molecule has 0 aromatic carbocycles. The summed E-state index contributed by atoms with van der Waals surface area (Å²) >= 11 is 0. The Bertz CT molecular complexity index is 334. The minimum Gasteiger partial charge on any atom is -0.370 e. The number of aryl methyl sites for hydroxylation is 1. The standard InChI is InChI=1S/C10H14N2O/c1-7-4-8-6-13-10(2,3)5-9(8)12-11-7/h4H,5-6H2,1-3H3. The molecule has 0 saturated carbocycles. The molecule has 0 saturated heterocycles. The van der Waals surface area contributed by atoms with Crippen LogP contribution in [0.3, 0.4) is 0 Å². The second-order valence-electron chi connectivity index (χ2n) is 4.18. The van der Waals surface area contributed by atoms with Gasteiger partial charge < -0.3 is 4.74 Å². The van der Waals surface area contributed by atoms with Crippen LogP contribution in [0.2, 0.25) is 0 Å². The molecule has 0 unspecified atom stereocenters. The zero-order chi connectivity index (χ0) is 9.47. The van der Waals surface area contributed by atoms with Gasteiger partial charge in [0.15, 0.2) is 0 Å². The first-order valence-electron chi connectivity index (χ1n) is 4.53. The van der Waals surface area contributed by atoms with Gasteiger partial charge in [0.1, 0.15) is 0 Å². The van der Waals surface area contributed by atoms with E-state index in [1.54, 1.807) is 0 Å². The van der Waals surface area contributed by atoms with Gasteiger partial charge in [-0.05, 0) is 26.8 Å². The topological polar surface area (TPSA) is 35.0 Å². The van der Waals surface area contributed by atoms with Crippen molar-refractivity contribution in [1.82, 2.24) is 10.2 Å². The number of hydrogen-bond acceptors (Lipinski definition) is 3. The Kier molecular flexibility index (Phi) is 1.84. The van der Waals surface area contributed by atoms with Crippen molar-refractivity contribution in [1.29, 1.82) is 0 Å². The van der Waals surface area contributed by atoms with Crippen LogP contribution in [-0.2, 0) is 17.8 Å². The maximum atomic E-state index is 5.68. The van der Waals surface area contributed by atoms with Gasteiger partial charge in [-0.15, -0.1) is 0 Å². The number of fused-ring (bicyclic) bond motifs is 1. The highest BCUT2D eigenvalue weighted by atomic mass is 16.5. The molecule has 0 amide bonds. The lowest BCUT2D eigenvalue weighted by Crippen LogP contribution is -2.32. The molecule has 0 fully saturated rings. The Morgan fingerprint density at radius 2 is 2.15 bits per heavy atom. The summed E-state index contributed by atoms with van der Waals surface area (Å²) in [6.45, 7) is 6.78. The summed E-state index contributed by atoms with van der Waals surface area (Å²) in [5.74, 6) is 0. The highest BCUT2D eigenvalue weighted by Gasteiger charge is 2.27. The number of hydrogen-bond donors (Lipinski definition) is 0. The van der Waals surface area contributed by atoms with Gasteiger partial charge in [0, 0.05) is 12.0 Å². The lowest BCUT2D eigenvalue weighted by Gasteiger charge is -2.30. The molecule has 0 atom stereocenters. The smallest absolute Gasteiger partial charge is 0.0743 e. The summed E-state index contributed by atoms with van der Waals surface area (Å²) in [5, 5.41) is 8.24. The Labute approximate surface area is 78.1 Å². The summed E-state index contributed by atoms with van der Waals surface area (Å²) < 4.78 is 5.68. The predicted molar refractivity (Wildman–Crippen MR) is 49.3 cm³/mol. The van der Waals surface area contributed by atoms with E-state index in [0.717, 1.165) is 17.8 Å². The van der Waals surface area contributed by atoms with Crippen LogP contribution >= 0.6 is 0 Å². The molecule has 3 nitrogen and oxygen atoms in total. The van der Waals surface area contributed by atoms with Crippen molar-refractivity contribution in [2.75, 3.05) is 0 Å². The molecule has 1 aromatic heterocycles. The molecule has 1 aromatic rings. The molecule has 0 spiro atoms. The molecule has 0 radical (unpaired) electrons. The lowest BCUT2D eigenvalue weighted by atomic mass is 9.96. The largest absolute Gasteiger partial charge is 0.370 e. The van der Waals surface area contributed by atoms with E-state index in [1.165, 1.54) is 5.56 Å². The highest BCUT2D eigenvalue weighted by Crippen LogP contribution is 2.25. The van der Waals surface area contributed by atoms with Crippen molar-refractivity contribution in [2.24, 2.45) is 0 Å². The van der Waals surface area contributed by atoms with Crippen molar-refractivity contribution in [3.63, 3.8) is 0 Å². The van der Waals surface area contributed by atoms with Crippen LogP contribution in [0, 0.1) is 6.92 Å². The third-order valence-electron chi connectivity index (χ3n) is 2.29. The SMILES string of the molecule is Cc1cc2c(nn1)CC(C)(C)OC2. The summed E-state index contributed by atoms with van der Waals surface area (Å²) in [7, 11) is 0. The van der Waals surface area contributed by atoms with Gasteiger partial charge in [-0.25, -0.2) is 0 Å². The second kappa shape index (κ2) is 2.77. The van der Waals surface area contributed by atoms with E-state index in [-0.39, 0.29) is 5.60 Å². The first-order valence-corrected chi connectivity index (χ1v) is 4.53. The average molecular weight is 178 g/mol. The van der Waals surface area contributed by atoms with Crippen molar-refractivity contribution >= 4 is 0 Å². The Balaban J connectivity index is 2.37. The zero-order valence-corrected chi connectivity index (χ0v) is 8.29. The van der Waals surface area contributed by atoms with Crippen LogP contribution in [0.1, 0.15) is 30.8 Å². The van der Waals surface area contributed by atoms with E-state index in [1.807, 2.05) is 6.92 Å². The molecule has 2 rings (SSSR count). The van der Waals surface area contributed by atoms with Crippen molar-refractivity contribution in [3.8, 4) is 0 Å². The maximum absolute atomic E-state index is 5.68. The molecule has 13 heavy (non-hydrogen) atoms. The molecule has 0 aliphatic carbocycles. The Morgan fingerprint density at radius 3 is 2.92 bits per heavy atom. The minimum atomic E-state index is -0.0864. The van der Waals surface area contributed by atoms with Gasteiger partial charge in [0.2, 0.25) is 0 Å². The second-order valence-corrected chi connectivity index (χ2v) is 4.18. The van der Waals surface area contributed by atoms with Crippen molar-refractivity contribution in [3.05, 3.63) is 23.0 Å². The predicted octanol–water partition coefficient (Wildman–Crippen LogP) is 1.64. The molecule has 1 aliphatic rings. The molecule has 70 valence electrons. The summed E-state index contributed by atoms with van der Waals surface area (Å²) in [6.07, 6.45) is 0.857. The van der Waals surface area contributed by atoms with Gasteiger partial charge in [0.25, 0.3) is 0 Å². The molecular formula is C10H14N2O. The molecular weight excluding hydrogens is 164 g/mol. The third-order valence-corrected chi connectivity index (χ3v) is 2.29. The van der Waals surface area contributed by atoms with Crippen LogP contribution in [0.4, 0.5) is 0 Å². The number of aromatic nitrogens is 2. The molecule has 3 heteroatoms. The van der Waals surface area contributed by atoms with Crippen molar-refractivity contribution in [2.45, 2.75) is 39.4 Å². The Morgan fingerprint density at radius 1 is 1.38 bits per heavy atom. The molecule has 2 heterocycles. The van der Waals surface area contributed by atoms with E-state index < -0.39 is 0 Å². The quantitative estimate of drug-likeness (QED) is 0.605. The monoisotopic (exact) mass is 178 g/mol. The normalized spacial score (nSPS) is 19.6. The number of nitrogens with zero attached hydrogens (tertiary/aromatic N) is 2. The molecule has 0 bridgehead atoms. The third kappa shape index (κ3) is 1.70. The lowest BCUT2D eigenvalue weighted by molar-refractivity contribution is -0.0416. The van der Waals surface area contributed by atoms with Crippen LogP contribution in [0.5, 0.6) is 0 Å². The Hall–Kier alpha value is -0.960. The minimum absolute atomic E-state index is 0.0864. The average Bonchev–Trinajstić information content (AvgIpc) is 2.05. The van der Waals surface area contributed by atoms with E-state index in [4.69, 9.17) is 4.74 Å². The fourth-order valence-corrected chi connectivity index (χ4v) is 1.57. The fraction of sp³-hybridized carbons (Fsp3) is 0.600. The highest BCUT2D eigenvalue weighted by molar-refractivity contribution is 5.23. The van der Waals surface area contributed by atoms with Crippen LogP contribution in [0.25, 0.3) is 0 Å². The van der Waals surface area contributed by atoms with Gasteiger partial charge in [-0.2, -0.15) is 10.2 Å². The summed E-state index contributed by atoms with van der Waals surface area (Å²) in [5.41, 5.74) is 3.15. The summed E-state index contributed by atoms with van der Waals surface area (Å²) in [6, 6.07) is 2.05. The van der Waals surface area contributed by atoms with Crippen LogP contribution in [0.15, 0.2) is 6.07 Å². The zero-order valence-electron chi connectivity index (χ0n) is 8.29. The van der Waals surface area contributed by atoms with E-state index >= 15 is 0 Å². The van der Waals surface area contributed by atoms with E-state index in [9.17, 15) is 0 Å². The van der Waals surface area contributed by atoms with E-state index in [2.05, 4.69) is 30.1 Å². The van der Waals surface area contributed by atoms with E-state index in [0.29, 0.717) is 6.61 Å². The molecule has 0 N–H and O–H groups in total. The van der Waals surface area contributed by atoms with Gasteiger partial charge in [-0.1, -0.05) is 0 Å².